The van der Waals surface area contributed by atoms with Gasteiger partial charge in [0.1, 0.15) is 23.6 Å². The summed E-state index contributed by atoms with van der Waals surface area (Å²) in [6.07, 6.45) is 0.797. The van der Waals surface area contributed by atoms with Gasteiger partial charge in [0.15, 0.2) is 5.69 Å². The number of carbonyl (C=O) groups is 4. The topological polar surface area (TPSA) is 209 Å². The lowest BCUT2D eigenvalue weighted by atomic mass is 10.1. The Bertz CT molecular complexity index is 2260. The summed E-state index contributed by atoms with van der Waals surface area (Å²) in [6, 6.07) is 18.4. The van der Waals surface area contributed by atoms with Gasteiger partial charge in [-0.2, -0.15) is 9.55 Å². The standard InChI is InChI=1S/C40H49Cl2N7O10P2/c1-25(2)56-39(52)27(5)46-60(54,58-30-14-9-7-10-15-30)48-22-20-29(21-23-48)43-38(51)36-34(44-37(50)35-32(41)18-13-19-33(35)42)24-49(45-36)61(55,59-31-16-11-8-12-17-31)47-28(6)40(53)57-26(3)4/h7-19,24-29H,20-23H2,1-6H3,(H,43,51)(H,44,50)(H,46,54)(H,47,55)/t27-,28-,60?,61?/m0/s1. The second-order valence-corrected chi connectivity index (χ2v) is 19.3. The molecule has 1 aliphatic heterocycles. The summed E-state index contributed by atoms with van der Waals surface area (Å²) in [6.45, 7) is 10.0. The summed E-state index contributed by atoms with van der Waals surface area (Å²) < 4.78 is 54.5. The minimum Gasteiger partial charge on any atom is -0.462 e. The monoisotopic (exact) mass is 919 g/mol. The number of halogens is 2. The van der Waals surface area contributed by atoms with E-state index in [0.717, 1.165) is 10.6 Å². The van der Waals surface area contributed by atoms with Gasteiger partial charge in [0, 0.05) is 19.1 Å². The molecule has 61 heavy (non-hydrogen) atoms. The van der Waals surface area contributed by atoms with Crippen molar-refractivity contribution < 1.29 is 46.8 Å². The maximum absolute atomic E-state index is 14.9. The Morgan fingerprint density at radius 3 is 1.66 bits per heavy atom. The fourth-order valence-electron chi connectivity index (χ4n) is 5.99. The number of anilines is 1. The van der Waals surface area contributed by atoms with Crippen LogP contribution in [0.1, 0.15) is 75.2 Å². The molecule has 0 aliphatic carbocycles. The van der Waals surface area contributed by atoms with Gasteiger partial charge in [0.05, 0.1) is 39.7 Å². The van der Waals surface area contributed by atoms with Crippen molar-refractivity contribution in [3.63, 3.8) is 0 Å². The quantitative estimate of drug-likeness (QED) is 0.0557. The highest BCUT2D eigenvalue weighted by atomic mass is 35.5. The van der Waals surface area contributed by atoms with Crippen molar-refractivity contribution in [1.29, 1.82) is 0 Å². The minimum absolute atomic E-state index is 0.0293. The third-order valence-electron chi connectivity index (χ3n) is 8.87. The van der Waals surface area contributed by atoms with Crippen LogP contribution in [-0.4, -0.2) is 81.4 Å². The maximum atomic E-state index is 14.9. The molecule has 2 unspecified atom stereocenters. The SMILES string of the molecule is CC(C)OC(=O)[C@H](C)NP(=O)(Oc1ccccc1)N1CCC(NC(=O)c2nn(P(=O)(N[C@@H](C)C(=O)OC(C)C)Oc3ccccc3)cc2NC(=O)c2c(Cl)cccc2Cl)CC1. The van der Waals surface area contributed by atoms with Crippen LogP contribution in [0.5, 0.6) is 11.5 Å². The molecule has 1 fully saturated rings. The molecule has 3 aromatic carbocycles. The molecule has 1 aliphatic rings. The van der Waals surface area contributed by atoms with E-state index >= 15 is 0 Å². The van der Waals surface area contributed by atoms with Crippen LogP contribution in [0.25, 0.3) is 0 Å². The Balaban J connectivity index is 1.43. The van der Waals surface area contributed by atoms with E-state index in [-0.39, 0.29) is 58.7 Å². The van der Waals surface area contributed by atoms with E-state index in [0.29, 0.717) is 5.75 Å². The predicted octanol–water partition coefficient (Wildman–Crippen LogP) is 7.72. The molecule has 2 heterocycles. The van der Waals surface area contributed by atoms with Crippen LogP contribution >= 0.6 is 38.5 Å². The number of hydrogen-bond donors (Lipinski definition) is 4. The Kier molecular flexibility index (Phi) is 16.2. The number of aromatic nitrogens is 2. The zero-order valence-electron chi connectivity index (χ0n) is 34.4. The van der Waals surface area contributed by atoms with E-state index in [1.165, 1.54) is 38.1 Å². The fourth-order valence-corrected chi connectivity index (χ4v) is 10.4. The molecule has 0 radical (unpaired) electrons. The van der Waals surface area contributed by atoms with Gasteiger partial charge in [0.2, 0.25) is 0 Å². The summed E-state index contributed by atoms with van der Waals surface area (Å²) in [4.78, 5) is 53.5. The lowest BCUT2D eigenvalue weighted by molar-refractivity contribution is -0.149. The Hall–Kier alpha value is -4.73. The van der Waals surface area contributed by atoms with Crippen LogP contribution in [0.15, 0.2) is 85.1 Å². The van der Waals surface area contributed by atoms with Crippen molar-refractivity contribution in [2.45, 2.75) is 84.7 Å². The van der Waals surface area contributed by atoms with Gasteiger partial charge < -0.3 is 29.2 Å². The van der Waals surface area contributed by atoms with E-state index < -0.39 is 69.4 Å². The van der Waals surface area contributed by atoms with Gasteiger partial charge in [0.25, 0.3) is 11.8 Å². The molecule has 5 rings (SSSR count). The fraction of sp³-hybridized carbons (Fsp3) is 0.375. The van der Waals surface area contributed by atoms with Crippen LogP contribution in [-0.2, 0) is 28.2 Å². The van der Waals surface area contributed by atoms with E-state index in [2.05, 4.69) is 25.9 Å². The van der Waals surface area contributed by atoms with E-state index in [9.17, 15) is 28.3 Å². The number of nitrogens with one attached hydrogen (secondary N) is 4. The largest absolute Gasteiger partial charge is 0.462 e. The van der Waals surface area contributed by atoms with Crippen LogP contribution < -0.4 is 29.9 Å². The van der Waals surface area contributed by atoms with Gasteiger partial charge in [-0.05, 0) is 90.8 Å². The molecular formula is C40H49Cl2N7O10P2. The van der Waals surface area contributed by atoms with Crippen molar-refractivity contribution in [1.82, 2.24) is 29.7 Å². The number of esters is 2. The van der Waals surface area contributed by atoms with Gasteiger partial charge in [-0.1, -0.05) is 65.7 Å². The predicted molar refractivity (Wildman–Crippen MR) is 231 cm³/mol. The molecule has 0 saturated carbocycles. The molecule has 328 valence electrons. The van der Waals surface area contributed by atoms with Crippen LogP contribution in [0.2, 0.25) is 10.0 Å². The van der Waals surface area contributed by atoms with E-state index in [4.69, 9.17) is 41.7 Å². The summed E-state index contributed by atoms with van der Waals surface area (Å²) in [7, 11) is -8.39. The number of piperidine rings is 1. The number of nitrogens with zero attached hydrogens (tertiary/aromatic N) is 3. The highest BCUT2D eigenvalue weighted by Gasteiger charge is 2.41. The number of para-hydroxylation sites is 2. The number of ether oxygens (including phenoxy) is 2. The first-order valence-electron chi connectivity index (χ1n) is 19.5. The molecule has 4 N–H and O–H groups in total. The Labute approximate surface area is 364 Å². The van der Waals surface area contributed by atoms with Crippen LogP contribution in [0, 0.1) is 0 Å². The first kappa shape index (κ1) is 47.3. The van der Waals surface area contributed by atoms with Crippen molar-refractivity contribution >= 4 is 68.0 Å². The smallest absolute Gasteiger partial charge is 0.440 e. The number of amides is 2. The Morgan fingerprint density at radius 2 is 1.16 bits per heavy atom. The van der Waals surface area contributed by atoms with Gasteiger partial charge in [-0.15, -0.1) is 0 Å². The molecule has 17 nitrogen and oxygen atoms in total. The van der Waals surface area contributed by atoms with Crippen molar-refractivity contribution in [3.05, 3.63) is 106 Å². The van der Waals surface area contributed by atoms with Crippen molar-refractivity contribution in [3.8, 4) is 11.5 Å². The van der Waals surface area contributed by atoms with Crippen molar-refractivity contribution in [2.75, 3.05) is 18.4 Å². The zero-order chi connectivity index (χ0) is 44.5. The average Bonchev–Trinajstić information content (AvgIpc) is 3.63. The second kappa shape index (κ2) is 20.9. The van der Waals surface area contributed by atoms with Crippen LogP contribution in [0.4, 0.5) is 5.69 Å². The first-order valence-corrected chi connectivity index (χ1v) is 23.4. The molecule has 1 aromatic heterocycles. The second-order valence-electron chi connectivity index (χ2n) is 14.6. The lowest BCUT2D eigenvalue weighted by Crippen LogP contribution is -2.47. The summed E-state index contributed by atoms with van der Waals surface area (Å²) >= 11 is 12.7. The molecule has 1 saturated heterocycles. The third-order valence-corrected chi connectivity index (χ3v) is 13.7. The van der Waals surface area contributed by atoms with Gasteiger partial charge in [-0.25, -0.2) is 24.0 Å². The molecular weight excluding hydrogens is 871 g/mol. The molecule has 0 bridgehead atoms. The maximum Gasteiger partial charge on any atom is 0.440 e. The first-order chi connectivity index (χ1) is 28.9. The molecule has 0 spiro atoms. The molecule has 21 heteroatoms. The van der Waals surface area contributed by atoms with Gasteiger partial charge in [-0.3, -0.25) is 19.2 Å². The van der Waals surface area contributed by atoms with E-state index in [1.54, 1.807) is 87.0 Å². The summed E-state index contributed by atoms with van der Waals surface area (Å²) in [5.41, 5.74) is -0.654. The number of hydrogen-bond acceptors (Lipinski definition) is 11. The highest BCUT2D eigenvalue weighted by molar-refractivity contribution is 7.55. The zero-order valence-corrected chi connectivity index (χ0v) is 37.7. The number of benzene rings is 3. The molecule has 4 atom stereocenters. The minimum atomic E-state index is -4.47. The third kappa shape index (κ3) is 12.7. The number of carbonyl (C=O) groups excluding carboxylic acids is 4. The molecule has 2 amide bonds. The summed E-state index contributed by atoms with van der Waals surface area (Å²) in [5, 5.41) is 15.5. The van der Waals surface area contributed by atoms with Crippen molar-refractivity contribution in [2.24, 2.45) is 0 Å². The average molecular weight is 921 g/mol. The van der Waals surface area contributed by atoms with Gasteiger partial charge >= 0.3 is 27.3 Å². The molecule has 4 aromatic rings. The lowest BCUT2D eigenvalue weighted by Gasteiger charge is -2.37. The number of rotatable bonds is 18. The van der Waals surface area contributed by atoms with Crippen LogP contribution in [0.3, 0.4) is 0 Å². The highest BCUT2D eigenvalue weighted by Crippen LogP contribution is 2.49. The Morgan fingerprint density at radius 1 is 0.689 bits per heavy atom. The normalized spacial score (nSPS) is 16.4. The van der Waals surface area contributed by atoms with E-state index in [1.807, 2.05) is 0 Å². The summed E-state index contributed by atoms with van der Waals surface area (Å²) in [5.74, 6) is -2.46.